The van der Waals surface area contributed by atoms with E-state index in [0.717, 1.165) is 6.42 Å². The lowest BCUT2D eigenvalue weighted by molar-refractivity contribution is -0.0477. The van der Waals surface area contributed by atoms with Crippen molar-refractivity contribution in [3.63, 3.8) is 0 Å². The number of unbranched alkanes of at least 4 members (excludes halogenated alkanes) is 2. The maximum Gasteiger partial charge on any atom is 0.0596 e. The average Bonchev–Trinajstić information content (AvgIpc) is 2.13. The Morgan fingerprint density at radius 1 is 1.14 bits per heavy atom. The average molecular weight is 198 g/mol. The van der Waals surface area contributed by atoms with Crippen LogP contribution >= 0.6 is 0 Å². The molecule has 1 aliphatic rings. The zero-order valence-electron chi connectivity index (χ0n) is 9.89. The van der Waals surface area contributed by atoms with Crippen molar-refractivity contribution in [1.82, 2.24) is 0 Å². The van der Waals surface area contributed by atoms with Crippen LogP contribution in [0.1, 0.15) is 71.6 Å². The van der Waals surface area contributed by atoms with Gasteiger partial charge in [0, 0.05) is 0 Å². The SMILES string of the molecule is CCCCC(O)C1(CCCC)CCC1. The topological polar surface area (TPSA) is 20.2 Å². The zero-order valence-corrected chi connectivity index (χ0v) is 9.89. The minimum Gasteiger partial charge on any atom is -0.393 e. The molecule has 0 saturated heterocycles. The Balaban J connectivity index is 2.34. The molecule has 1 rings (SSSR count). The number of rotatable bonds is 7. The van der Waals surface area contributed by atoms with Gasteiger partial charge in [0.15, 0.2) is 0 Å². The molecule has 1 nitrogen and oxygen atoms in total. The molecule has 14 heavy (non-hydrogen) atoms. The highest BCUT2D eigenvalue weighted by atomic mass is 16.3. The van der Waals surface area contributed by atoms with Crippen molar-refractivity contribution >= 4 is 0 Å². The molecule has 1 aliphatic carbocycles. The molecule has 0 amide bonds. The minimum absolute atomic E-state index is 0.0113. The van der Waals surface area contributed by atoms with E-state index in [2.05, 4.69) is 13.8 Å². The van der Waals surface area contributed by atoms with Crippen molar-refractivity contribution in [1.29, 1.82) is 0 Å². The van der Waals surface area contributed by atoms with Crippen LogP contribution in [0, 0.1) is 5.41 Å². The molecule has 0 radical (unpaired) electrons. The van der Waals surface area contributed by atoms with Crippen LogP contribution in [0.2, 0.25) is 0 Å². The van der Waals surface area contributed by atoms with Crippen molar-refractivity contribution < 1.29 is 5.11 Å². The maximum atomic E-state index is 10.2. The van der Waals surface area contributed by atoms with Crippen LogP contribution in [0.25, 0.3) is 0 Å². The highest BCUT2D eigenvalue weighted by Gasteiger charge is 2.41. The van der Waals surface area contributed by atoms with Gasteiger partial charge in [-0.05, 0) is 31.1 Å². The molecule has 0 aromatic carbocycles. The molecule has 1 atom stereocenters. The summed E-state index contributed by atoms with van der Waals surface area (Å²) in [5.41, 5.74) is 0.338. The predicted octanol–water partition coefficient (Wildman–Crippen LogP) is 3.90. The van der Waals surface area contributed by atoms with Crippen molar-refractivity contribution in [3.8, 4) is 0 Å². The van der Waals surface area contributed by atoms with Crippen LogP contribution in [-0.2, 0) is 0 Å². The molecule has 0 aromatic heterocycles. The fraction of sp³-hybridized carbons (Fsp3) is 1.00. The largest absolute Gasteiger partial charge is 0.393 e. The Hall–Kier alpha value is -0.0400. The Bertz CT molecular complexity index is 149. The molecular weight excluding hydrogens is 172 g/mol. The van der Waals surface area contributed by atoms with E-state index in [0.29, 0.717) is 5.41 Å². The number of aliphatic hydroxyl groups excluding tert-OH is 1. The summed E-state index contributed by atoms with van der Waals surface area (Å²) in [4.78, 5) is 0. The normalized spacial score (nSPS) is 21.6. The molecular formula is C13H26O. The molecule has 1 heteroatoms. The molecule has 0 spiro atoms. The summed E-state index contributed by atoms with van der Waals surface area (Å²) >= 11 is 0. The number of aliphatic hydroxyl groups is 1. The zero-order chi connectivity index (χ0) is 10.4. The smallest absolute Gasteiger partial charge is 0.0596 e. The van der Waals surface area contributed by atoms with Gasteiger partial charge in [0.25, 0.3) is 0 Å². The second-order valence-corrected chi connectivity index (χ2v) is 4.98. The van der Waals surface area contributed by atoms with Crippen molar-refractivity contribution in [3.05, 3.63) is 0 Å². The molecule has 0 heterocycles. The van der Waals surface area contributed by atoms with Crippen LogP contribution < -0.4 is 0 Å². The van der Waals surface area contributed by atoms with Crippen LogP contribution in [0.3, 0.4) is 0 Å². The Kier molecular flexibility index (Phi) is 4.94. The summed E-state index contributed by atoms with van der Waals surface area (Å²) in [5.74, 6) is 0. The highest BCUT2D eigenvalue weighted by molar-refractivity contribution is 4.93. The molecule has 0 aliphatic heterocycles. The molecule has 1 N–H and O–H groups in total. The fourth-order valence-corrected chi connectivity index (χ4v) is 2.61. The van der Waals surface area contributed by atoms with Gasteiger partial charge in [-0.3, -0.25) is 0 Å². The predicted molar refractivity (Wildman–Crippen MR) is 61.3 cm³/mol. The standard InChI is InChI=1S/C13H26O/c1-3-5-8-12(14)13(9-6-4-2)10-7-11-13/h12,14H,3-11H2,1-2H3. The van der Waals surface area contributed by atoms with E-state index in [1.54, 1.807) is 0 Å². The van der Waals surface area contributed by atoms with Gasteiger partial charge in [0.2, 0.25) is 0 Å². The summed E-state index contributed by atoms with van der Waals surface area (Å²) in [5, 5.41) is 10.2. The highest BCUT2D eigenvalue weighted by Crippen LogP contribution is 2.49. The first-order valence-corrected chi connectivity index (χ1v) is 6.43. The Morgan fingerprint density at radius 2 is 1.79 bits per heavy atom. The van der Waals surface area contributed by atoms with Crippen molar-refractivity contribution in [2.45, 2.75) is 77.7 Å². The third-order valence-corrected chi connectivity index (χ3v) is 3.92. The molecule has 0 bridgehead atoms. The number of hydrogen-bond acceptors (Lipinski definition) is 1. The van der Waals surface area contributed by atoms with E-state index in [1.807, 2.05) is 0 Å². The van der Waals surface area contributed by atoms with Gasteiger partial charge in [-0.25, -0.2) is 0 Å². The van der Waals surface area contributed by atoms with Gasteiger partial charge in [-0.1, -0.05) is 46.0 Å². The first-order valence-electron chi connectivity index (χ1n) is 6.43. The van der Waals surface area contributed by atoms with Crippen LogP contribution in [-0.4, -0.2) is 11.2 Å². The Labute approximate surface area is 88.9 Å². The van der Waals surface area contributed by atoms with Crippen LogP contribution in [0.15, 0.2) is 0 Å². The van der Waals surface area contributed by atoms with Crippen molar-refractivity contribution in [2.24, 2.45) is 5.41 Å². The third kappa shape index (κ3) is 2.73. The lowest BCUT2D eigenvalue weighted by atomic mass is 9.61. The molecule has 84 valence electrons. The summed E-state index contributed by atoms with van der Waals surface area (Å²) in [6, 6.07) is 0. The molecule has 0 aromatic rings. The molecule has 1 unspecified atom stereocenters. The van der Waals surface area contributed by atoms with E-state index in [9.17, 15) is 5.11 Å². The van der Waals surface area contributed by atoms with Crippen molar-refractivity contribution in [2.75, 3.05) is 0 Å². The third-order valence-electron chi connectivity index (χ3n) is 3.92. The minimum atomic E-state index is -0.0113. The van der Waals surface area contributed by atoms with Gasteiger partial charge < -0.3 is 5.11 Å². The van der Waals surface area contributed by atoms with Gasteiger partial charge in [-0.15, -0.1) is 0 Å². The van der Waals surface area contributed by atoms with E-state index >= 15 is 0 Å². The molecule has 1 saturated carbocycles. The summed E-state index contributed by atoms with van der Waals surface area (Å²) in [7, 11) is 0. The first kappa shape index (κ1) is 12.0. The first-order chi connectivity index (χ1) is 6.75. The monoisotopic (exact) mass is 198 g/mol. The van der Waals surface area contributed by atoms with E-state index in [4.69, 9.17) is 0 Å². The summed E-state index contributed by atoms with van der Waals surface area (Å²) < 4.78 is 0. The van der Waals surface area contributed by atoms with Gasteiger partial charge >= 0.3 is 0 Å². The van der Waals surface area contributed by atoms with Gasteiger partial charge in [0.1, 0.15) is 0 Å². The lowest BCUT2D eigenvalue weighted by Gasteiger charge is -2.46. The van der Waals surface area contributed by atoms with Gasteiger partial charge in [0.05, 0.1) is 6.10 Å². The quantitative estimate of drug-likeness (QED) is 0.658. The second kappa shape index (κ2) is 5.75. The fourth-order valence-electron chi connectivity index (χ4n) is 2.61. The van der Waals surface area contributed by atoms with E-state index < -0.39 is 0 Å². The van der Waals surface area contributed by atoms with Crippen LogP contribution in [0.4, 0.5) is 0 Å². The van der Waals surface area contributed by atoms with E-state index in [-0.39, 0.29) is 6.10 Å². The second-order valence-electron chi connectivity index (χ2n) is 4.98. The summed E-state index contributed by atoms with van der Waals surface area (Å²) in [6.07, 6.45) is 11.1. The molecule has 1 fully saturated rings. The lowest BCUT2D eigenvalue weighted by Crippen LogP contribution is -2.41. The van der Waals surface area contributed by atoms with Crippen LogP contribution in [0.5, 0.6) is 0 Å². The maximum absolute atomic E-state index is 10.2. The van der Waals surface area contributed by atoms with Gasteiger partial charge in [-0.2, -0.15) is 0 Å². The van der Waals surface area contributed by atoms with E-state index in [1.165, 1.54) is 51.4 Å². The summed E-state index contributed by atoms with van der Waals surface area (Å²) in [6.45, 7) is 4.44. The number of hydrogen-bond donors (Lipinski definition) is 1. The Morgan fingerprint density at radius 3 is 2.21 bits per heavy atom.